The Kier molecular flexibility index (Phi) is 6.40. The zero-order chi connectivity index (χ0) is 25.7. The molecular weight excluding hydrogens is 522 g/mol. The van der Waals surface area contributed by atoms with Gasteiger partial charge in [0.2, 0.25) is 0 Å². The number of carboxylic acids is 1. The van der Waals surface area contributed by atoms with Gasteiger partial charge in [-0.25, -0.2) is 14.2 Å². The molecule has 2 aliphatic heterocycles. The number of benzene rings is 2. The Morgan fingerprint density at radius 3 is 2.70 bits per heavy atom. The number of aliphatic carboxylic acids is 1. The van der Waals surface area contributed by atoms with Gasteiger partial charge in [0.1, 0.15) is 11.7 Å². The summed E-state index contributed by atoms with van der Waals surface area (Å²) in [4.78, 5) is 16.6. The van der Waals surface area contributed by atoms with E-state index in [0.29, 0.717) is 45.4 Å². The van der Waals surface area contributed by atoms with Crippen molar-refractivity contribution in [3.8, 4) is 11.1 Å². The van der Waals surface area contributed by atoms with Crippen molar-refractivity contribution in [1.82, 2.24) is 19.3 Å². The third-order valence-electron chi connectivity index (χ3n) is 6.87. The first-order valence-corrected chi connectivity index (χ1v) is 12.7. The molecule has 8 nitrogen and oxygen atoms in total. The summed E-state index contributed by atoms with van der Waals surface area (Å²) in [5, 5.41) is 15.8. The van der Waals surface area contributed by atoms with Gasteiger partial charge in [-0.15, -0.1) is 0 Å². The van der Waals surface area contributed by atoms with Crippen LogP contribution in [0.3, 0.4) is 0 Å². The van der Waals surface area contributed by atoms with E-state index in [0.717, 1.165) is 24.0 Å². The van der Waals surface area contributed by atoms with E-state index in [4.69, 9.17) is 32.7 Å². The molecule has 2 aromatic carbocycles. The van der Waals surface area contributed by atoms with Gasteiger partial charge in [0.25, 0.3) is 0 Å². The average molecular weight is 545 g/mol. The molecule has 192 valence electrons. The molecule has 0 bridgehead atoms. The Hall–Kier alpha value is -2.98. The molecule has 1 N–H and O–H groups in total. The van der Waals surface area contributed by atoms with Crippen molar-refractivity contribution in [2.24, 2.45) is 0 Å². The maximum atomic E-state index is 13.9. The third-order valence-corrected chi connectivity index (χ3v) is 7.57. The van der Waals surface area contributed by atoms with E-state index in [2.05, 4.69) is 10.1 Å². The second-order valence-electron chi connectivity index (χ2n) is 9.27. The van der Waals surface area contributed by atoms with Crippen LogP contribution in [-0.2, 0) is 33.7 Å². The molecule has 0 spiro atoms. The number of ether oxygens (including phenoxy) is 2. The second kappa shape index (κ2) is 9.72. The molecule has 1 saturated heterocycles. The fourth-order valence-corrected chi connectivity index (χ4v) is 5.60. The fourth-order valence-electron chi connectivity index (χ4n) is 5.05. The number of aryl methyl sites for hydroxylation is 1. The van der Waals surface area contributed by atoms with Crippen LogP contribution in [0.4, 0.5) is 4.39 Å². The zero-order valence-corrected chi connectivity index (χ0v) is 21.1. The van der Waals surface area contributed by atoms with Gasteiger partial charge in [0.15, 0.2) is 12.3 Å². The molecule has 37 heavy (non-hydrogen) atoms. The van der Waals surface area contributed by atoms with Gasteiger partial charge < -0.3 is 19.1 Å². The maximum absolute atomic E-state index is 13.9. The lowest BCUT2D eigenvalue weighted by molar-refractivity contribution is -0.139. The molecule has 0 amide bonds. The van der Waals surface area contributed by atoms with E-state index < -0.39 is 18.2 Å². The predicted octanol–water partition coefficient (Wildman–Crippen LogP) is 5.08. The minimum Gasteiger partial charge on any atom is -0.479 e. The van der Waals surface area contributed by atoms with Crippen LogP contribution in [0, 0.1) is 0 Å². The maximum Gasteiger partial charge on any atom is 0.334 e. The van der Waals surface area contributed by atoms with Crippen molar-refractivity contribution >= 4 is 40.1 Å². The molecule has 1 fully saturated rings. The summed E-state index contributed by atoms with van der Waals surface area (Å²) in [5.74, 6) is -1.16. The van der Waals surface area contributed by atoms with Gasteiger partial charge in [-0.1, -0.05) is 47.5 Å². The molecule has 0 aliphatic carbocycles. The topological polar surface area (TPSA) is 91.4 Å². The molecule has 0 radical (unpaired) electrons. The normalized spacial score (nSPS) is 18.5. The molecule has 2 atom stereocenters. The molecule has 0 saturated carbocycles. The van der Waals surface area contributed by atoms with Crippen molar-refractivity contribution in [2.75, 3.05) is 13.2 Å². The minimum atomic E-state index is -1.24. The number of imidazole rings is 1. The number of halogens is 3. The third kappa shape index (κ3) is 4.50. The average Bonchev–Trinajstić information content (AvgIpc) is 3.67. The van der Waals surface area contributed by atoms with Gasteiger partial charge in [-0.3, -0.25) is 4.68 Å². The van der Waals surface area contributed by atoms with Crippen molar-refractivity contribution < 1.29 is 23.8 Å². The SMILES string of the molecule is O=C(O)C(c1ncn2c1C[C@@H](F)C2)n1cc2c(Cl)cc(-c3ccc(CCC4OCCO4)cc3)c(Cl)c2n1. The molecule has 1 unspecified atom stereocenters. The lowest BCUT2D eigenvalue weighted by atomic mass is 10.0. The summed E-state index contributed by atoms with van der Waals surface area (Å²) < 4.78 is 27.9. The number of alkyl halides is 1. The largest absolute Gasteiger partial charge is 0.479 e. The summed E-state index contributed by atoms with van der Waals surface area (Å²) >= 11 is 13.4. The Balaban J connectivity index is 1.32. The standard InChI is InChI=1S/C26H23Cl2FN4O4/c27-19-10-17(15-4-1-14(2-5-15)3-6-21-36-7-8-37-21)22(28)23-18(19)12-33(31-23)25(26(34)35)24-20-9-16(29)11-32(20)13-30-24/h1-2,4-5,10,12-13,16,21,25H,3,6-9,11H2,(H,34,35)/t16-,25?/m1/s1. The van der Waals surface area contributed by atoms with Crippen LogP contribution in [-0.4, -0.2) is 56.1 Å². The van der Waals surface area contributed by atoms with Crippen LogP contribution in [0.1, 0.15) is 29.4 Å². The first-order valence-electron chi connectivity index (χ1n) is 12.0. The monoisotopic (exact) mass is 544 g/mol. The van der Waals surface area contributed by atoms with Crippen LogP contribution in [0.25, 0.3) is 22.0 Å². The molecule has 4 heterocycles. The number of rotatable bonds is 7. The highest BCUT2D eigenvalue weighted by Crippen LogP contribution is 2.39. The summed E-state index contributed by atoms with van der Waals surface area (Å²) in [6.07, 6.45) is 3.52. The van der Waals surface area contributed by atoms with E-state index in [1.54, 1.807) is 16.8 Å². The van der Waals surface area contributed by atoms with Gasteiger partial charge in [-0.05, 0) is 23.6 Å². The second-order valence-corrected chi connectivity index (χ2v) is 10.1. The van der Waals surface area contributed by atoms with E-state index >= 15 is 0 Å². The quantitative estimate of drug-likeness (QED) is 0.349. The molecule has 4 aromatic rings. The summed E-state index contributed by atoms with van der Waals surface area (Å²) in [6, 6.07) is 8.49. The molecular formula is C26H23Cl2FN4O4. The Bertz CT molecular complexity index is 1480. The first kappa shape index (κ1) is 24.4. The summed E-state index contributed by atoms with van der Waals surface area (Å²) in [5.41, 5.74) is 3.89. The van der Waals surface area contributed by atoms with E-state index in [-0.39, 0.29) is 24.9 Å². The van der Waals surface area contributed by atoms with Crippen LogP contribution >= 0.6 is 23.2 Å². The Morgan fingerprint density at radius 1 is 1.22 bits per heavy atom. The first-order chi connectivity index (χ1) is 17.9. The van der Waals surface area contributed by atoms with Crippen LogP contribution in [0.15, 0.2) is 42.9 Å². The highest BCUT2D eigenvalue weighted by molar-refractivity contribution is 6.42. The van der Waals surface area contributed by atoms with Gasteiger partial charge in [-0.2, -0.15) is 5.10 Å². The Morgan fingerprint density at radius 2 is 1.97 bits per heavy atom. The molecule has 2 aromatic heterocycles. The van der Waals surface area contributed by atoms with Gasteiger partial charge in [0.05, 0.1) is 41.8 Å². The molecule has 6 rings (SSSR count). The van der Waals surface area contributed by atoms with Crippen molar-refractivity contribution in [1.29, 1.82) is 0 Å². The predicted molar refractivity (Wildman–Crippen MR) is 136 cm³/mol. The molecule has 2 aliphatic rings. The minimum absolute atomic E-state index is 0.113. The lowest BCUT2D eigenvalue weighted by Gasteiger charge is -2.12. The molecule has 11 heteroatoms. The van der Waals surface area contributed by atoms with Crippen molar-refractivity contribution in [3.63, 3.8) is 0 Å². The lowest BCUT2D eigenvalue weighted by Crippen LogP contribution is -2.22. The summed E-state index contributed by atoms with van der Waals surface area (Å²) in [7, 11) is 0. The number of aromatic nitrogens is 4. The zero-order valence-electron chi connectivity index (χ0n) is 19.6. The summed E-state index contributed by atoms with van der Waals surface area (Å²) in [6.45, 7) is 1.44. The van der Waals surface area contributed by atoms with Crippen LogP contribution in [0.5, 0.6) is 0 Å². The van der Waals surface area contributed by atoms with Crippen molar-refractivity contribution in [2.45, 2.75) is 44.3 Å². The van der Waals surface area contributed by atoms with Crippen LogP contribution < -0.4 is 0 Å². The van der Waals surface area contributed by atoms with E-state index in [1.807, 2.05) is 24.3 Å². The number of carbonyl (C=O) groups is 1. The number of nitrogens with zero attached hydrogens (tertiary/aromatic N) is 4. The van der Waals surface area contributed by atoms with Gasteiger partial charge >= 0.3 is 5.97 Å². The highest BCUT2D eigenvalue weighted by atomic mass is 35.5. The highest BCUT2D eigenvalue weighted by Gasteiger charge is 2.34. The number of hydrogen-bond acceptors (Lipinski definition) is 5. The van der Waals surface area contributed by atoms with Gasteiger partial charge in [0, 0.05) is 35.7 Å². The van der Waals surface area contributed by atoms with Crippen molar-refractivity contribution in [3.05, 3.63) is 69.9 Å². The van der Waals surface area contributed by atoms with Crippen LogP contribution in [0.2, 0.25) is 10.0 Å². The Labute approximate surface area is 221 Å². The van der Waals surface area contributed by atoms with E-state index in [1.165, 1.54) is 11.0 Å². The smallest absolute Gasteiger partial charge is 0.334 e. The number of fused-ring (bicyclic) bond motifs is 2. The number of hydrogen-bond donors (Lipinski definition) is 1. The number of carboxylic acid groups (broad SMARTS) is 1. The fraction of sp³-hybridized carbons (Fsp3) is 0.346. The van der Waals surface area contributed by atoms with E-state index in [9.17, 15) is 14.3 Å².